The Hall–Kier alpha value is -1.41. The van der Waals surface area contributed by atoms with Crippen LogP contribution >= 0.6 is 11.6 Å². The molecule has 17 heavy (non-hydrogen) atoms. The van der Waals surface area contributed by atoms with E-state index < -0.39 is 0 Å². The number of rotatable bonds is 2. The minimum atomic E-state index is 0.755. The number of aromatic nitrogens is 2. The van der Waals surface area contributed by atoms with Crippen molar-refractivity contribution in [1.29, 1.82) is 0 Å². The molecule has 2 nitrogen and oxygen atoms in total. The second-order valence-electron chi connectivity index (χ2n) is 4.04. The molecule has 1 radical (unpaired) electrons. The standard InChI is InChI=1S/C14H14ClN2/c1-4-11-5-6-12(13(15)7-11)14-9(2)16-8-17-10(14)3/h5-7H,4H2,1-3H3. The van der Waals surface area contributed by atoms with Gasteiger partial charge in [0.2, 0.25) is 0 Å². The Morgan fingerprint density at radius 3 is 2.35 bits per heavy atom. The van der Waals surface area contributed by atoms with Gasteiger partial charge >= 0.3 is 0 Å². The third-order valence-corrected chi connectivity index (χ3v) is 3.18. The molecule has 0 aliphatic carbocycles. The van der Waals surface area contributed by atoms with Crippen molar-refractivity contribution in [3.63, 3.8) is 0 Å². The van der Waals surface area contributed by atoms with E-state index in [1.165, 1.54) is 5.56 Å². The average molecular weight is 246 g/mol. The Balaban J connectivity index is 2.61. The van der Waals surface area contributed by atoms with E-state index in [4.69, 9.17) is 11.6 Å². The fourth-order valence-electron chi connectivity index (χ4n) is 1.92. The van der Waals surface area contributed by atoms with E-state index in [-0.39, 0.29) is 0 Å². The van der Waals surface area contributed by atoms with Crippen molar-refractivity contribution in [3.05, 3.63) is 46.5 Å². The van der Waals surface area contributed by atoms with Gasteiger partial charge < -0.3 is 0 Å². The Morgan fingerprint density at radius 1 is 1.18 bits per heavy atom. The highest BCUT2D eigenvalue weighted by Crippen LogP contribution is 2.31. The van der Waals surface area contributed by atoms with Crippen LogP contribution in [0.15, 0.2) is 18.2 Å². The van der Waals surface area contributed by atoms with Crippen LogP contribution < -0.4 is 0 Å². The molecule has 0 atom stereocenters. The van der Waals surface area contributed by atoms with E-state index in [0.29, 0.717) is 0 Å². The summed E-state index contributed by atoms with van der Waals surface area (Å²) in [4.78, 5) is 8.21. The lowest BCUT2D eigenvalue weighted by atomic mass is 10.0. The Labute approximate surface area is 107 Å². The molecule has 0 fully saturated rings. The topological polar surface area (TPSA) is 25.8 Å². The zero-order valence-corrected chi connectivity index (χ0v) is 11.0. The summed E-state index contributed by atoms with van der Waals surface area (Å²) in [6.07, 6.45) is 3.62. The molecule has 1 aromatic heterocycles. The van der Waals surface area contributed by atoms with Crippen LogP contribution in [0.3, 0.4) is 0 Å². The Morgan fingerprint density at radius 2 is 1.82 bits per heavy atom. The highest BCUT2D eigenvalue weighted by Gasteiger charge is 2.11. The largest absolute Gasteiger partial charge is 0.230 e. The molecule has 0 saturated carbocycles. The van der Waals surface area contributed by atoms with Gasteiger partial charge in [0.1, 0.15) is 0 Å². The van der Waals surface area contributed by atoms with E-state index in [1.807, 2.05) is 26.0 Å². The summed E-state index contributed by atoms with van der Waals surface area (Å²) in [5, 5.41) is 0.755. The fourth-order valence-corrected chi connectivity index (χ4v) is 2.22. The third kappa shape index (κ3) is 2.32. The first-order chi connectivity index (χ1) is 8.13. The summed E-state index contributed by atoms with van der Waals surface area (Å²) in [5.74, 6) is 0. The van der Waals surface area contributed by atoms with E-state index in [9.17, 15) is 0 Å². The molecule has 2 rings (SSSR count). The van der Waals surface area contributed by atoms with Crippen molar-refractivity contribution in [1.82, 2.24) is 9.97 Å². The number of hydrogen-bond acceptors (Lipinski definition) is 2. The molecule has 0 spiro atoms. The zero-order chi connectivity index (χ0) is 12.4. The molecule has 0 aliphatic heterocycles. The smallest absolute Gasteiger partial charge is 0.198 e. The Bertz CT molecular complexity index is 530. The molecular weight excluding hydrogens is 232 g/mol. The van der Waals surface area contributed by atoms with Gasteiger partial charge in [-0.05, 0) is 31.9 Å². The first-order valence-corrected chi connectivity index (χ1v) is 6.01. The molecule has 0 N–H and O–H groups in total. The second-order valence-corrected chi connectivity index (χ2v) is 4.44. The summed E-state index contributed by atoms with van der Waals surface area (Å²) in [6, 6.07) is 6.14. The fraction of sp³-hybridized carbons (Fsp3) is 0.286. The van der Waals surface area contributed by atoms with Crippen LogP contribution in [0.25, 0.3) is 11.1 Å². The number of nitrogens with zero attached hydrogens (tertiary/aromatic N) is 2. The van der Waals surface area contributed by atoms with Gasteiger partial charge in [0.25, 0.3) is 0 Å². The van der Waals surface area contributed by atoms with Gasteiger partial charge in [-0.25, -0.2) is 9.97 Å². The van der Waals surface area contributed by atoms with Crippen molar-refractivity contribution in [2.24, 2.45) is 0 Å². The predicted octanol–water partition coefficient (Wildman–Crippen LogP) is 3.78. The lowest BCUT2D eigenvalue weighted by Crippen LogP contribution is -1.96. The maximum Gasteiger partial charge on any atom is 0.198 e. The summed E-state index contributed by atoms with van der Waals surface area (Å²) in [5.41, 5.74) is 5.05. The monoisotopic (exact) mass is 245 g/mol. The van der Waals surface area contributed by atoms with Crippen molar-refractivity contribution in [2.45, 2.75) is 27.2 Å². The molecular formula is C14H14ClN2. The summed E-state index contributed by atoms with van der Waals surface area (Å²) < 4.78 is 0. The van der Waals surface area contributed by atoms with Crippen LogP contribution in [0.1, 0.15) is 23.9 Å². The van der Waals surface area contributed by atoms with Crippen LogP contribution in [0, 0.1) is 20.2 Å². The predicted molar refractivity (Wildman–Crippen MR) is 70.2 cm³/mol. The first-order valence-electron chi connectivity index (χ1n) is 5.63. The van der Waals surface area contributed by atoms with Crippen LogP contribution in [-0.2, 0) is 6.42 Å². The zero-order valence-electron chi connectivity index (χ0n) is 10.2. The number of aryl methyl sites for hydroxylation is 3. The highest BCUT2D eigenvalue weighted by atomic mass is 35.5. The lowest BCUT2D eigenvalue weighted by molar-refractivity contribution is 1.04. The number of halogens is 1. The van der Waals surface area contributed by atoms with E-state index >= 15 is 0 Å². The summed E-state index contributed by atoms with van der Waals surface area (Å²) in [6.45, 7) is 6.01. The van der Waals surface area contributed by atoms with Crippen LogP contribution in [-0.4, -0.2) is 9.97 Å². The maximum atomic E-state index is 6.32. The van der Waals surface area contributed by atoms with Gasteiger partial charge in [0.15, 0.2) is 6.33 Å². The minimum absolute atomic E-state index is 0.755. The van der Waals surface area contributed by atoms with Crippen molar-refractivity contribution in [2.75, 3.05) is 0 Å². The van der Waals surface area contributed by atoms with Gasteiger partial charge in [-0.3, -0.25) is 0 Å². The van der Waals surface area contributed by atoms with Crippen molar-refractivity contribution >= 4 is 11.6 Å². The molecule has 1 heterocycles. The molecule has 3 heteroatoms. The molecule has 0 unspecified atom stereocenters. The molecule has 87 valence electrons. The van der Waals surface area contributed by atoms with Gasteiger partial charge in [0.05, 0.1) is 0 Å². The average Bonchev–Trinajstić information content (AvgIpc) is 2.30. The SMILES string of the molecule is CCc1ccc(-c2c(C)n[c]nc2C)c(Cl)c1. The second kappa shape index (κ2) is 4.84. The third-order valence-electron chi connectivity index (χ3n) is 2.87. The van der Waals surface area contributed by atoms with Crippen LogP contribution in [0.2, 0.25) is 5.02 Å². The highest BCUT2D eigenvalue weighted by molar-refractivity contribution is 6.33. The number of hydrogen-bond donors (Lipinski definition) is 0. The van der Waals surface area contributed by atoms with Gasteiger partial charge in [-0.2, -0.15) is 0 Å². The molecule has 0 saturated heterocycles. The number of benzene rings is 1. The summed E-state index contributed by atoms with van der Waals surface area (Å²) >= 11 is 6.32. The molecule has 0 amide bonds. The molecule has 1 aromatic carbocycles. The minimum Gasteiger partial charge on any atom is -0.230 e. The van der Waals surface area contributed by atoms with Crippen LogP contribution in [0.4, 0.5) is 0 Å². The van der Waals surface area contributed by atoms with Crippen LogP contribution in [0.5, 0.6) is 0 Å². The quantitative estimate of drug-likeness (QED) is 0.805. The molecule has 0 aliphatic rings. The van der Waals surface area contributed by atoms with E-state index in [1.54, 1.807) is 0 Å². The lowest BCUT2D eigenvalue weighted by Gasteiger charge is -2.10. The van der Waals surface area contributed by atoms with E-state index in [2.05, 4.69) is 29.3 Å². The molecule has 2 aromatic rings. The summed E-state index contributed by atoms with van der Waals surface area (Å²) in [7, 11) is 0. The van der Waals surface area contributed by atoms with Crippen molar-refractivity contribution in [3.8, 4) is 11.1 Å². The van der Waals surface area contributed by atoms with Gasteiger partial charge in [-0.15, -0.1) is 0 Å². The van der Waals surface area contributed by atoms with Crippen molar-refractivity contribution < 1.29 is 0 Å². The van der Waals surface area contributed by atoms with E-state index in [0.717, 1.165) is 34.0 Å². The van der Waals surface area contributed by atoms with Gasteiger partial charge in [0, 0.05) is 27.5 Å². The Kier molecular flexibility index (Phi) is 3.43. The van der Waals surface area contributed by atoms with Gasteiger partial charge in [-0.1, -0.05) is 30.7 Å². The first kappa shape index (κ1) is 12.1. The maximum absolute atomic E-state index is 6.32. The molecule has 0 bridgehead atoms. The normalized spacial score (nSPS) is 10.6.